The zero-order valence-electron chi connectivity index (χ0n) is 24.2. The summed E-state index contributed by atoms with van der Waals surface area (Å²) in [5, 5.41) is 41.7. The Morgan fingerprint density at radius 3 is 2.60 bits per heavy atom. The van der Waals surface area contributed by atoms with Gasteiger partial charge in [-0.3, -0.25) is 0 Å². The first kappa shape index (κ1) is 28.0. The second-order valence-electron chi connectivity index (χ2n) is 14.7. The minimum Gasteiger partial charge on any atom is -0.393 e. The summed E-state index contributed by atoms with van der Waals surface area (Å²) in [6.45, 7) is 11.8. The summed E-state index contributed by atoms with van der Waals surface area (Å²) < 4.78 is 25.4. The highest BCUT2D eigenvalue weighted by Gasteiger charge is 2.69. The Bertz CT molecular complexity index is 1050. The van der Waals surface area contributed by atoms with Gasteiger partial charge in [0.15, 0.2) is 12.1 Å². The molecule has 0 aromatic heterocycles. The van der Waals surface area contributed by atoms with Gasteiger partial charge in [-0.25, -0.2) is 0 Å². The van der Waals surface area contributed by atoms with E-state index in [1.54, 1.807) is 0 Å². The fraction of sp³-hybridized carbons (Fsp3) is 0.875. The number of hydrogen-bond donors (Lipinski definition) is 4. The molecule has 3 aliphatic heterocycles. The van der Waals surface area contributed by atoms with Gasteiger partial charge in [0.2, 0.25) is 0 Å². The van der Waals surface area contributed by atoms with Crippen LogP contribution in [0, 0.1) is 40.4 Å². The number of rotatable bonds is 2. The van der Waals surface area contributed by atoms with Crippen molar-refractivity contribution in [3.8, 4) is 0 Å². The van der Waals surface area contributed by atoms with E-state index in [2.05, 4.69) is 33.4 Å². The first-order chi connectivity index (χ1) is 19.0. The fourth-order valence-electron chi connectivity index (χ4n) is 10.8. The molecule has 224 valence electrons. The fourth-order valence-corrected chi connectivity index (χ4v) is 10.8. The Labute approximate surface area is 237 Å². The lowest BCUT2D eigenvalue weighted by atomic mass is 9.46. The van der Waals surface area contributed by atoms with Crippen molar-refractivity contribution >= 4 is 0 Å². The van der Waals surface area contributed by atoms with E-state index < -0.39 is 36.5 Å². The number of fused-ring (bicyclic) bond motifs is 7. The van der Waals surface area contributed by atoms with Crippen molar-refractivity contribution in [1.82, 2.24) is 0 Å². The maximum atomic E-state index is 10.8. The van der Waals surface area contributed by atoms with Gasteiger partial charge in [-0.2, -0.15) is 0 Å². The minimum atomic E-state index is -1.34. The molecule has 4 N–H and O–H groups in total. The first-order valence-corrected chi connectivity index (χ1v) is 15.6. The summed E-state index contributed by atoms with van der Waals surface area (Å²) in [6.07, 6.45) is 4.13. The van der Waals surface area contributed by atoms with Crippen molar-refractivity contribution in [3.63, 3.8) is 0 Å². The van der Waals surface area contributed by atoms with Crippen LogP contribution in [0.25, 0.3) is 0 Å². The van der Waals surface area contributed by atoms with Gasteiger partial charge in [0.05, 0.1) is 31.5 Å². The Hall–Kier alpha value is -0.840. The van der Waals surface area contributed by atoms with Gasteiger partial charge in [0, 0.05) is 24.2 Å². The molecule has 3 unspecified atom stereocenters. The van der Waals surface area contributed by atoms with Crippen LogP contribution >= 0.6 is 0 Å². The standard InChI is InChI=1S/C32H48O8/c1-16-7-10-32(38-14-16)17(2)26-24(40-32)13-22-20-6-5-18-11-19(33)12-25(31(18,4)21(20)8-9-30(22,26)3)39-29-28(36)27(35)23(34)15-37-29/h5,17,19-29,33-36H,1,6-15H2,2-4H3/t17?,19-,20-,21+,22+,23+,24?,25-,26?,27+,28-,29+,30+,31+,32-/m1/s1. The van der Waals surface area contributed by atoms with E-state index >= 15 is 0 Å². The van der Waals surface area contributed by atoms with Crippen LogP contribution in [0.1, 0.15) is 72.1 Å². The molecule has 1 spiro atoms. The smallest absolute Gasteiger partial charge is 0.186 e. The van der Waals surface area contributed by atoms with Crippen LogP contribution in [0.5, 0.6) is 0 Å². The molecule has 8 nitrogen and oxygen atoms in total. The SMILES string of the molecule is C=C1CC[C@@]2(OC1)OC1C[C@H]3[C@@H]4CC=C5C[C@@H](O)C[C@@H](O[C@@H]6OC[C@H](O)[C@H](O)[C@H]6O)[C@]5(C)[C@H]4CC[C@]3(C)C1C2C. The van der Waals surface area contributed by atoms with E-state index in [9.17, 15) is 20.4 Å². The van der Waals surface area contributed by atoms with Crippen molar-refractivity contribution in [1.29, 1.82) is 0 Å². The van der Waals surface area contributed by atoms with E-state index in [0.29, 0.717) is 49.0 Å². The second-order valence-corrected chi connectivity index (χ2v) is 14.7. The zero-order chi connectivity index (χ0) is 28.2. The Balaban J connectivity index is 1.15. The third-order valence-electron chi connectivity index (χ3n) is 12.9. The lowest BCUT2D eigenvalue weighted by molar-refractivity contribution is -0.300. The predicted octanol–water partition coefficient (Wildman–Crippen LogP) is 3.07. The third-order valence-corrected chi connectivity index (χ3v) is 12.9. The van der Waals surface area contributed by atoms with E-state index in [1.165, 1.54) is 5.57 Å². The normalized spacial score (nSPS) is 57.7. The molecule has 8 heteroatoms. The van der Waals surface area contributed by atoms with Crippen molar-refractivity contribution in [2.75, 3.05) is 13.2 Å². The lowest BCUT2D eigenvalue weighted by Crippen LogP contribution is -2.60. The molecule has 0 aromatic carbocycles. The summed E-state index contributed by atoms with van der Waals surface area (Å²) in [4.78, 5) is 0. The largest absolute Gasteiger partial charge is 0.393 e. The second kappa shape index (κ2) is 9.58. The van der Waals surface area contributed by atoms with E-state index in [1.807, 2.05) is 0 Å². The van der Waals surface area contributed by atoms with Crippen LogP contribution in [0.3, 0.4) is 0 Å². The topological polar surface area (TPSA) is 118 Å². The number of aliphatic hydroxyl groups excluding tert-OH is 4. The number of aliphatic hydroxyl groups is 4. The van der Waals surface area contributed by atoms with Gasteiger partial charge in [-0.1, -0.05) is 44.6 Å². The molecule has 3 saturated carbocycles. The quantitative estimate of drug-likeness (QED) is 0.381. The van der Waals surface area contributed by atoms with Crippen molar-refractivity contribution in [2.45, 2.75) is 121 Å². The highest BCUT2D eigenvalue weighted by Crippen LogP contribution is 2.70. The molecule has 6 fully saturated rings. The van der Waals surface area contributed by atoms with E-state index in [4.69, 9.17) is 18.9 Å². The van der Waals surface area contributed by atoms with Crippen LogP contribution in [0.15, 0.2) is 23.8 Å². The molecule has 0 bridgehead atoms. The van der Waals surface area contributed by atoms with Gasteiger partial charge < -0.3 is 39.4 Å². The highest BCUT2D eigenvalue weighted by atomic mass is 16.7. The molecule has 0 radical (unpaired) electrons. The molecule has 7 aliphatic rings. The average molecular weight is 561 g/mol. The van der Waals surface area contributed by atoms with Crippen LogP contribution in [0.2, 0.25) is 0 Å². The van der Waals surface area contributed by atoms with Crippen LogP contribution in [-0.2, 0) is 18.9 Å². The summed E-state index contributed by atoms with van der Waals surface area (Å²) >= 11 is 0. The van der Waals surface area contributed by atoms with E-state index in [0.717, 1.165) is 44.1 Å². The number of hydrogen-bond acceptors (Lipinski definition) is 8. The van der Waals surface area contributed by atoms with Gasteiger partial charge in [-0.05, 0) is 67.6 Å². The van der Waals surface area contributed by atoms with Crippen molar-refractivity contribution in [3.05, 3.63) is 23.8 Å². The highest BCUT2D eigenvalue weighted by molar-refractivity contribution is 5.29. The molecular weight excluding hydrogens is 512 g/mol. The molecule has 3 saturated heterocycles. The maximum Gasteiger partial charge on any atom is 0.186 e. The summed E-state index contributed by atoms with van der Waals surface area (Å²) in [7, 11) is 0. The minimum absolute atomic E-state index is 0.0929. The van der Waals surface area contributed by atoms with Crippen LogP contribution < -0.4 is 0 Å². The van der Waals surface area contributed by atoms with Crippen molar-refractivity contribution in [2.24, 2.45) is 40.4 Å². The van der Waals surface area contributed by atoms with Gasteiger partial charge in [0.1, 0.15) is 18.3 Å². The summed E-state index contributed by atoms with van der Waals surface area (Å²) in [5.41, 5.74) is 2.30. The molecule has 15 atom stereocenters. The summed E-state index contributed by atoms with van der Waals surface area (Å²) in [6, 6.07) is 0. The van der Waals surface area contributed by atoms with Crippen LogP contribution in [-0.4, -0.2) is 82.3 Å². The molecule has 0 amide bonds. The molecule has 3 heterocycles. The maximum absolute atomic E-state index is 10.8. The zero-order valence-corrected chi connectivity index (χ0v) is 24.2. The van der Waals surface area contributed by atoms with Crippen molar-refractivity contribution < 1.29 is 39.4 Å². The number of allylic oxidation sites excluding steroid dienone is 1. The summed E-state index contributed by atoms with van der Waals surface area (Å²) in [5.74, 6) is 1.76. The lowest BCUT2D eigenvalue weighted by Gasteiger charge is -2.60. The van der Waals surface area contributed by atoms with E-state index in [-0.39, 0.29) is 29.6 Å². The first-order valence-electron chi connectivity index (χ1n) is 15.6. The third kappa shape index (κ3) is 3.86. The molecule has 7 rings (SSSR count). The van der Waals surface area contributed by atoms with Crippen LogP contribution in [0.4, 0.5) is 0 Å². The molecule has 4 aliphatic carbocycles. The Morgan fingerprint density at radius 1 is 1.05 bits per heavy atom. The van der Waals surface area contributed by atoms with Gasteiger partial charge in [0.25, 0.3) is 0 Å². The Kier molecular flexibility index (Phi) is 6.70. The monoisotopic (exact) mass is 560 g/mol. The average Bonchev–Trinajstić information content (AvgIpc) is 3.36. The molecule has 40 heavy (non-hydrogen) atoms. The van der Waals surface area contributed by atoms with Gasteiger partial charge in [-0.15, -0.1) is 0 Å². The molecular formula is C32H48O8. The number of ether oxygens (including phenoxy) is 4. The van der Waals surface area contributed by atoms with Gasteiger partial charge >= 0.3 is 0 Å². The molecule has 0 aromatic rings. The predicted molar refractivity (Wildman–Crippen MR) is 146 cm³/mol. The Morgan fingerprint density at radius 2 is 1.85 bits per heavy atom.